The lowest BCUT2D eigenvalue weighted by Crippen LogP contribution is -2.26. The lowest BCUT2D eigenvalue weighted by atomic mass is 10.1. The normalized spacial score (nSPS) is 10.3. The summed E-state index contributed by atoms with van der Waals surface area (Å²) in [6.07, 6.45) is 0.0961. The Morgan fingerprint density at radius 2 is 1.96 bits per heavy atom. The fraction of sp³-hybridized carbons (Fsp3) is 0.200. The molecule has 0 atom stereocenters. The van der Waals surface area contributed by atoms with Crippen LogP contribution in [0.4, 0.5) is 4.79 Å². The highest BCUT2D eigenvalue weighted by molar-refractivity contribution is 5.67. The molecule has 0 saturated carbocycles. The topological polar surface area (TPSA) is 73.6 Å². The molecule has 1 heterocycles. The Balaban J connectivity index is 1.45. The average Bonchev–Trinajstić information content (AvgIpc) is 3.16. The Labute approximate surface area is 151 Å². The molecule has 0 radical (unpaired) electrons. The van der Waals surface area contributed by atoms with Gasteiger partial charge in [0.1, 0.15) is 12.4 Å². The molecular formula is C20H20N2O4. The van der Waals surface area contributed by atoms with Gasteiger partial charge < -0.3 is 19.3 Å². The van der Waals surface area contributed by atoms with E-state index in [-0.39, 0.29) is 6.61 Å². The summed E-state index contributed by atoms with van der Waals surface area (Å²) in [6, 6.07) is 18.9. The Hall–Kier alpha value is -3.28. The van der Waals surface area contributed by atoms with Crippen molar-refractivity contribution in [3.63, 3.8) is 0 Å². The van der Waals surface area contributed by atoms with Crippen molar-refractivity contribution in [2.24, 2.45) is 0 Å². The van der Waals surface area contributed by atoms with Crippen molar-refractivity contribution < 1.29 is 18.8 Å². The molecule has 0 unspecified atom stereocenters. The molecule has 1 N–H and O–H groups in total. The van der Waals surface area contributed by atoms with E-state index < -0.39 is 6.09 Å². The van der Waals surface area contributed by atoms with E-state index in [4.69, 9.17) is 14.0 Å². The van der Waals surface area contributed by atoms with Crippen molar-refractivity contribution in [1.82, 2.24) is 10.5 Å². The number of methoxy groups -OCH3 is 1. The van der Waals surface area contributed by atoms with Gasteiger partial charge in [-0.2, -0.15) is 0 Å². The summed E-state index contributed by atoms with van der Waals surface area (Å²) in [5, 5.41) is 6.74. The maximum atomic E-state index is 11.7. The number of amides is 1. The smallest absolute Gasteiger partial charge is 0.407 e. The lowest BCUT2D eigenvalue weighted by Gasteiger charge is -2.06. The number of alkyl carbamates (subject to hydrolysis) is 1. The van der Waals surface area contributed by atoms with Crippen molar-refractivity contribution in [1.29, 1.82) is 0 Å². The maximum Gasteiger partial charge on any atom is 0.407 e. The summed E-state index contributed by atoms with van der Waals surface area (Å²) in [7, 11) is 1.62. The van der Waals surface area contributed by atoms with Crippen LogP contribution in [0.2, 0.25) is 0 Å². The predicted molar refractivity (Wildman–Crippen MR) is 96.8 cm³/mol. The molecule has 0 aliphatic carbocycles. The number of rotatable bonds is 7. The van der Waals surface area contributed by atoms with Crippen LogP contribution in [0.25, 0.3) is 11.3 Å². The number of nitrogens with zero attached hydrogens (tertiary/aromatic N) is 1. The van der Waals surface area contributed by atoms with Crippen LogP contribution in [-0.4, -0.2) is 24.9 Å². The third kappa shape index (κ3) is 4.86. The Kier molecular flexibility index (Phi) is 5.88. The molecule has 0 saturated heterocycles. The fourth-order valence-electron chi connectivity index (χ4n) is 2.41. The standard InChI is InChI=1S/C20H20N2O4/c1-24-18-9-5-8-16(12-18)19-13-17(22-26-19)10-11-21-20(23)25-14-15-6-3-2-4-7-15/h2-9,12-13H,10-11,14H2,1H3,(H,21,23). The van der Waals surface area contributed by atoms with Gasteiger partial charge in [0.05, 0.1) is 12.8 Å². The van der Waals surface area contributed by atoms with Gasteiger partial charge in [-0.15, -0.1) is 0 Å². The third-order valence-electron chi connectivity index (χ3n) is 3.78. The minimum Gasteiger partial charge on any atom is -0.497 e. The second-order valence-electron chi connectivity index (χ2n) is 5.65. The number of nitrogens with one attached hydrogen (secondary N) is 1. The highest BCUT2D eigenvalue weighted by atomic mass is 16.5. The van der Waals surface area contributed by atoms with E-state index in [1.165, 1.54) is 0 Å². The summed E-state index contributed by atoms with van der Waals surface area (Å²) in [5.74, 6) is 1.41. The van der Waals surface area contributed by atoms with Crippen molar-refractivity contribution in [3.05, 3.63) is 71.9 Å². The largest absolute Gasteiger partial charge is 0.497 e. The first kappa shape index (κ1) is 17.5. The van der Waals surface area contributed by atoms with Crippen molar-refractivity contribution in [3.8, 4) is 17.1 Å². The molecule has 0 spiro atoms. The van der Waals surface area contributed by atoms with E-state index in [0.29, 0.717) is 18.7 Å². The second kappa shape index (κ2) is 8.71. The van der Waals surface area contributed by atoms with Gasteiger partial charge in [-0.1, -0.05) is 47.6 Å². The molecule has 134 valence electrons. The number of aromatic nitrogens is 1. The van der Waals surface area contributed by atoms with Crippen LogP contribution in [0.15, 0.2) is 65.2 Å². The average molecular weight is 352 g/mol. The van der Waals surface area contributed by atoms with Gasteiger partial charge in [0.25, 0.3) is 0 Å². The van der Waals surface area contributed by atoms with E-state index >= 15 is 0 Å². The SMILES string of the molecule is COc1cccc(-c2cc(CCNC(=O)OCc3ccccc3)no2)c1. The number of carbonyl (C=O) groups excluding carboxylic acids is 1. The van der Waals surface area contributed by atoms with Crippen LogP contribution in [-0.2, 0) is 17.8 Å². The Bertz CT molecular complexity index is 846. The van der Waals surface area contributed by atoms with Crippen molar-refractivity contribution in [2.45, 2.75) is 13.0 Å². The molecule has 26 heavy (non-hydrogen) atoms. The number of hydrogen-bond donors (Lipinski definition) is 1. The van der Waals surface area contributed by atoms with Gasteiger partial charge in [0, 0.05) is 24.6 Å². The summed E-state index contributed by atoms with van der Waals surface area (Å²) in [5.41, 5.74) is 2.59. The molecule has 1 aromatic heterocycles. The summed E-state index contributed by atoms with van der Waals surface area (Å²) in [4.78, 5) is 11.7. The quantitative estimate of drug-likeness (QED) is 0.700. The zero-order valence-electron chi connectivity index (χ0n) is 14.5. The number of ether oxygens (including phenoxy) is 2. The summed E-state index contributed by atoms with van der Waals surface area (Å²) < 4.78 is 15.7. The van der Waals surface area contributed by atoms with Gasteiger partial charge in [0.2, 0.25) is 0 Å². The monoisotopic (exact) mass is 352 g/mol. The third-order valence-corrected chi connectivity index (χ3v) is 3.78. The van der Waals surface area contributed by atoms with Gasteiger partial charge in [-0.05, 0) is 17.7 Å². The molecule has 3 aromatic rings. The first-order valence-corrected chi connectivity index (χ1v) is 8.29. The molecule has 1 amide bonds. The van der Waals surface area contributed by atoms with E-state index in [2.05, 4.69) is 10.5 Å². The second-order valence-corrected chi connectivity index (χ2v) is 5.65. The van der Waals surface area contributed by atoms with Crippen LogP contribution in [0, 0.1) is 0 Å². The molecular weight excluding hydrogens is 332 g/mol. The van der Waals surface area contributed by atoms with Crippen LogP contribution >= 0.6 is 0 Å². The first-order chi connectivity index (χ1) is 12.7. The molecule has 0 aliphatic rings. The minimum absolute atomic E-state index is 0.247. The zero-order chi connectivity index (χ0) is 18.2. The zero-order valence-corrected chi connectivity index (χ0v) is 14.5. The van der Waals surface area contributed by atoms with Gasteiger partial charge >= 0.3 is 6.09 Å². The number of hydrogen-bond acceptors (Lipinski definition) is 5. The molecule has 0 fully saturated rings. The highest BCUT2D eigenvalue weighted by Crippen LogP contribution is 2.24. The minimum atomic E-state index is -0.453. The molecule has 0 aliphatic heterocycles. The lowest BCUT2D eigenvalue weighted by molar-refractivity contribution is 0.139. The van der Waals surface area contributed by atoms with Crippen molar-refractivity contribution >= 4 is 6.09 Å². The van der Waals surface area contributed by atoms with Gasteiger partial charge in [-0.3, -0.25) is 0 Å². The number of benzene rings is 2. The summed E-state index contributed by atoms with van der Waals surface area (Å²) >= 11 is 0. The van der Waals surface area contributed by atoms with E-state index in [1.807, 2.05) is 60.7 Å². The molecule has 3 rings (SSSR count). The van der Waals surface area contributed by atoms with Crippen LogP contribution < -0.4 is 10.1 Å². The van der Waals surface area contributed by atoms with Crippen LogP contribution in [0.5, 0.6) is 5.75 Å². The van der Waals surface area contributed by atoms with E-state index in [1.54, 1.807) is 7.11 Å². The highest BCUT2D eigenvalue weighted by Gasteiger charge is 2.09. The predicted octanol–water partition coefficient (Wildman–Crippen LogP) is 3.82. The molecule has 2 aromatic carbocycles. The Morgan fingerprint density at radius 1 is 1.12 bits per heavy atom. The fourth-order valence-corrected chi connectivity index (χ4v) is 2.41. The van der Waals surface area contributed by atoms with Crippen LogP contribution in [0.1, 0.15) is 11.3 Å². The molecule has 6 nitrogen and oxygen atoms in total. The van der Waals surface area contributed by atoms with Crippen LogP contribution in [0.3, 0.4) is 0 Å². The molecule has 0 bridgehead atoms. The summed E-state index contributed by atoms with van der Waals surface area (Å²) in [6.45, 7) is 0.661. The van der Waals surface area contributed by atoms with Gasteiger partial charge in [-0.25, -0.2) is 4.79 Å². The maximum absolute atomic E-state index is 11.7. The van der Waals surface area contributed by atoms with E-state index in [0.717, 1.165) is 22.6 Å². The molecule has 6 heteroatoms. The number of carbonyl (C=O) groups is 1. The van der Waals surface area contributed by atoms with Crippen molar-refractivity contribution in [2.75, 3.05) is 13.7 Å². The van der Waals surface area contributed by atoms with Gasteiger partial charge in [0.15, 0.2) is 5.76 Å². The first-order valence-electron chi connectivity index (χ1n) is 8.29. The Morgan fingerprint density at radius 3 is 2.77 bits per heavy atom. The van der Waals surface area contributed by atoms with E-state index in [9.17, 15) is 4.79 Å².